The Bertz CT molecular complexity index is 477. The van der Waals surface area contributed by atoms with Crippen molar-refractivity contribution in [2.24, 2.45) is 5.92 Å². The lowest BCUT2D eigenvalue weighted by Gasteiger charge is -2.26. The fourth-order valence-electron chi connectivity index (χ4n) is 3.06. The Morgan fingerprint density at radius 3 is 2.79 bits per heavy atom. The van der Waals surface area contributed by atoms with Crippen molar-refractivity contribution in [3.63, 3.8) is 0 Å². The maximum Gasteiger partial charge on any atom is 0.134 e. The van der Waals surface area contributed by atoms with Gasteiger partial charge < -0.3 is 5.32 Å². The lowest BCUT2D eigenvalue weighted by Crippen LogP contribution is -2.29. The number of nitrogens with one attached hydrogen (secondary N) is 1. The van der Waals surface area contributed by atoms with Gasteiger partial charge in [-0.2, -0.15) is 0 Å². The molecule has 3 heteroatoms. The van der Waals surface area contributed by atoms with Crippen LogP contribution in [0.25, 0.3) is 0 Å². The lowest BCUT2D eigenvalue weighted by molar-refractivity contribution is 0.421. The minimum atomic E-state index is 0.292. The molecular weight excluding hydrogens is 234 g/mol. The van der Waals surface area contributed by atoms with Gasteiger partial charge in [0.25, 0.3) is 0 Å². The van der Waals surface area contributed by atoms with Crippen LogP contribution in [0.1, 0.15) is 55.9 Å². The predicted molar refractivity (Wildman–Crippen MR) is 77.4 cm³/mol. The molecule has 1 aromatic rings. The standard InChI is InChI=1S/C16H25N3/c1-4-17-10-12-5-6-14-13(9-12)11(2)18-15(19-14)16(3)7-8-16/h12,17H,4-10H2,1-3H3. The van der Waals surface area contributed by atoms with E-state index in [1.807, 2.05) is 0 Å². The van der Waals surface area contributed by atoms with Crippen molar-refractivity contribution in [2.75, 3.05) is 13.1 Å². The number of aromatic nitrogens is 2. The summed E-state index contributed by atoms with van der Waals surface area (Å²) in [5.41, 5.74) is 4.29. The molecule has 1 saturated carbocycles. The van der Waals surface area contributed by atoms with Crippen LogP contribution in [0.4, 0.5) is 0 Å². The Hall–Kier alpha value is -0.960. The summed E-state index contributed by atoms with van der Waals surface area (Å²) in [6, 6.07) is 0. The molecule has 0 aliphatic heterocycles. The van der Waals surface area contributed by atoms with Crippen LogP contribution in [-0.4, -0.2) is 23.1 Å². The monoisotopic (exact) mass is 259 g/mol. The topological polar surface area (TPSA) is 37.8 Å². The van der Waals surface area contributed by atoms with Gasteiger partial charge in [0.05, 0.1) is 0 Å². The van der Waals surface area contributed by atoms with Crippen LogP contribution in [0, 0.1) is 12.8 Å². The maximum absolute atomic E-state index is 4.89. The van der Waals surface area contributed by atoms with E-state index in [0.29, 0.717) is 5.41 Å². The Balaban J connectivity index is 1.82. The predicted octanol–water partition coefficient (Wildman–Crippen LogP) is 2.55. The minimum absolute atomic E-state index is 0.292. The van der Waals surface area contributed by atoms with Crippen LogP contribution < -0.4 is 5.32 Å². The molecule has 3 rings (SSSR count). The molecule has 1 aromatic heterocycles. The highest BCUT2D eigenvalue weighted by Gasteiger charge is 2.42. The fourth-order valence-corrected chi connectivity index (χ4v) is 3.06. The van der Waals surface area contributed by atoms with Crippen molar-refractivity contribution in [3.8, 4) is 0 Å². The van der Waals surface area contributed by atoms with Crippen molar-refractivity contribution in [2.45, 2.75) is 58.3 Å². The van der Waals surface area contributed by atoms with E-state index in [9.17, 15) is 0 Å². The quantitative estimate of drug-likeness (QED) is 0.903. The molecule has 0 aromatic carbocycles. The highest BCUT2D eigenvalue weighted by atomic mass is 14.9. The van der Waals surface area contributed by atoms with Gasteiger partial charge in [-0.3, -0.25) is 0 Å². The average molecular weight is 259 g/mol. The van der Waals surface area contributed by atoms with E-state index in [1.54, 1.807) is 0 Å². The summed E-state index contributed by atoms with van der Waals surface area (Å²) < 4.78 is 0. The molecule has 3 nitrogen and oxygen atoms in total. The van der Waals surface area contributed by atoms with E-state index < -0.39 is 0 Å². The zero-order valence-corrected chi connectivity index (χ0v) is 12.4. The van der Waals surface area contributed by atoms with Crippen LogP contribution in [0.3, 0.4) is 0 Å². The molecule has 0 spiro atoms. The molecule has 1 unspecified atom stereocenters. The molecule has 1 N–H and O–H groups in total. The molecule has 0 saturated heterocycles. The van der Waals surface area contributed by atoms with Gasteiger partial charge in [0.2, 0.25) is 0 Å². The van der Waals surface area contributed by atoms with Gasteiger partial charge in [-0.15, -0.1) is 0 Å². The average Bonchev–Trinajstić information content (AvgIpc) is 3.16. The third-order valence-corrected chi connectivity index (χ3v) is 4.80. The Morgan fingerprint density at radius 2 is 2.11 bits per heavy atom. The molecule has 1 heterocycles. The second kappa shape index (κ2) is 4.86. The summed E-state index contributed by atoms with van der Waals surface area (Å²) in [5, 5.41) is 3.47. The van der Waals surface area contributed by atoms with E-state index in [0.717, 1.165) is 37.7 Å². The smallest absolute Gasteiger partial charge is 0.134 e. The molecular formula is C16H25N3. The van der Waals surface area contributed by atoms with Gasteiger partial charge in [-0.05, 0) is 63.6 Å². The van der Waals surface area contributed by atoms with Crippen LogP contribution in [-0.2, 0) is 18.3 Å². The maximum atomic E-state index is 4.89. The highest BCUT2D eigenvalue weighted by molar-refractivity contribution is 5.31. The van der Waals surface area contributed by atoms with Gasteiger partial charge in [-0.1, -0.05) is 13.8 Å². The first kappa shape index (κ1) is 13.0. The van der Waals surface area contributed by atoms with Gasteiger partial charge in [-0.25, -0.2) is 9.97 Å². The normalized spacial score (nSPS) is 24.1. The fraction of sp³-hybridized carbons (Fsp3) is 0.750. The summed E-state index contributed by atoms with van der Waals surface area (Å²) in [4.78, 5) is 9.69. The lowest BCUT2D eigenvalue weighted by atomic mass is 9.85. The molecule has 104 valence electrons. The van der Waals surface area contributed by atoms with E-state index in [-0.39, 0.29) is 0 Å². The van der Waals surface area contributed by atoms with Crippen LogP contribution in [0.2, 0.25) is 0 Å². The number of fused-ring (bicyclic) bond motifs is 1. The molecule has 2 aliphatic carbocycles. The van der Waals surface area contributed by atoms with Crippen molar-refractivity contribution >= 4 is 0 Å². The largest absolute Gasteiger partial charge is 0.317 e. The number of nitrogens with zero attached hydrogens (tertiary/aromatic N) is 2. The summed E-state index contributed by atoms with van der Waals surface area (Å²) in [6.07, 6.45) is 6.08. The minimum Gasteiger partial charge on any atom is -0.317 e. The van der Waals surface area contributed by atoms with Crippen LogP contribution >= 0.6 is 0 Å². The van der Waals surface area contributed by atoms with E-state index in [2.05, 4.69) is 26.1 Å². The number of hydrogen-bond donors (Lipinski definition) is 1. The number of hydrogen-bond acceptors (Lipinski definition) is 3. The first-order chi connectivity index (χ1) is 9.12. The van der Waals surface area contributed by atoms with E-state index in [4.69, 9.17) is 9.97 Å². The van der Waals surface area contributed by atoms with Crippen molar-refractivity contribution in [1.29, 1.82) is 0 Å². The van der Waals surface area contributed by atoms with Crippen molar-refractivity contribution in [3.05, 3.63) is 22.8 Å². The van der Waals surface area contributed by atoms with Crippen LogP contribution in [0.15, 0.2) is 0 Å². The Morgan fingerprint density at radius 1 is 1.32 bits per heavy atom. The molecule has 2 aliphatic rings. The molecule has 0 radical (unpaired) electrons. The summed E-state index contributed by atoms with van der Waals surface area (Å²) in [6.45, 7) is 8.84. The Kier molecular flexibility index (Phi) is 3.34. The second-order valence-corrected chi connectivity index (χ2v) is 6.54. The summed E-state index contributed by atoms with van der Waals surface area (Å²) >= 11 is 0. The van der Waals surface area contributed by atoms with Crippen molar-refractivity contribution in [1.82, 2.24) is 15.3 Å². The molecule has 0 bridgehead atoms. The van der Waals surface area contributed by atoms with Gasteiger partial charge >= 0.3 is 0 Å². The van der Waals surface area contributed by atoms with Crippen molar-refractivity contribution < 1.29 is 0 Å². The molecule has 0 amide bonds. The van der Waals surface area contributed by atoms with E-state index >= 15 is 0 Å². The number of aryl methyl sites for hydroxylation is 2. The first-order valence-electron chi connectivity index (χ1n) is 7.70. The first-order valence-corrected chi connectivity index (χ1v) is 7.70. The van der Waals surface area contributed by atoms with Gasteiger partial charge in [0, 0.05) is 16.8 Å². The zero-order chi connectivity index (χ0) is 13.5. The van der Waals surface area contributed by atoms with Crippen LogP contribution in [0.5, 0.6) is 0 Å². The Labute approximate surface area is 116 Å². The van der Waals surface area contributed by atoms with Gasteiger partial charge in [0.1, 0.15) is 5.82 Å². The molecule has 1 fully saturated rings. The SMILES string of the molecule is CCNCC1CCc2nc(C3(C)CC3)nc(C)c2C1. The summed E-state index contributed by atoms with van der Waals surface area (Å²) in [7, 11) is 0. The second-order valence-electron chi connectivity index (χ2n) is 6.54. The summed E-state index contributed by atoms with van der Waals surface area (Å²) in [5.74, 6) is 1.87. The zero-order valence-electron chi connectivity index (χ0n) is 12.4. The molecule has 1 atom stereocenters. The van der Waals surface area contributed by atoms with Gasteiger partial charge in [0.15, 0.2) is 0 Å². The third-order valence-electron chi connectivity index (χ3n) is 4.80. The number of rotatable bonds is 4. The van der Waals surface area contributed by atoms with E-state index in [1.165, 1.54) is 36.2 Å². The highest BCUT2D eigenvalue weighted by Crippen LogP contribution is 2.46. The molecule has 19 heavy (non-hydrogen) atoms. The third kappa shape index (κ3) is 2.53.